The second-order valence-electron chi connectivity index (χ2n) is 10.7. The predicted molar refractivity (Wildman–Crippen MR) is 152 cm³/mol. The minimum absolute atomic E-state index is 0.241. The van der Waals surface area contributed by atoms with E-state index < -0.39 is 0 Å². The summed E-state index contributed by atoms with van der Waals surface area (Å²) in [6.07, 6.45) is 3.81. The first-order chi connectivity index (χ1) is 17.5. The van der Waals surface area contributed by atoms with Crippen LogP contribution in [0.1, 0.15) is 41.9 Å². The van der Waals surface area contributed by atoms with E-state index in [0.29, 0.717) is 22.8 Å². The van der Waals surface area contributed by atoms with Gasteiger partial charge in [0.05, 0.1) is 6.10 Å². The summed E-state index contributed by atoms with van der Waals surface area (Å²) in [5.41, 5.74) is 3.86. The van der Waals surface area contributed by atoms with Gasteiger partial charge < -0.3 is 10.0 Å². The monoisotopic (exact) mass is 542 g/mol. The number of aliphatic hydroxyl groups excluding tert-OH is 1. The van der Waals surface area contributed by atoms with Crippen molar-refractivity contribution in [1.29, 1.82) is 0 Å². The molecule has 2 aliphatic rings. The fraction of sp³-hybridized carbons (Fsp3) is 0.467. The zero-order valence-corrected chi connectivity index (χ0v) is 23.1. The van der Waals surface area contributed by atoms with Crippen LogP contribution < -0.4 is 0 Å². The topological polar surface area (TPSA) is 26.7 Å². The van der Waals surface area contributed by atoms with Gasteiger partial charge in [-0.05, 0) is 96.3 Å². The average Bonchev–Trinajstić information content (AvgIpc) is 3.53. The van der Waals surface area contributed by atoms with Crippen LogP contribution in [-0.4, -0.2) is 53.7 Å². The van der Waals surface area contributed by atoms with Gasteiger partial charge in [-0.25, -0.2) is 0 Å². The molecule has 2 saturated heterocycles. The van der Waals surface area contributed by atoms with Gasteiger partial charge >= 0.3 is 0 Å². The first-order valence-corrected chi connectivity index (χ1v) is 14.9. The molecule has 0 aliphatic carbocycles. The number of aliphatic hydroxyl groups is 1. The Balaban J connectivity index is 1.14. The van der Waals surface area contributed by atoms with Crippen LogP contribution in [0.4, 0.5) is 0 Å². The maximum Gasteiger partial charge on any atom is 0.0583 e. The van der Waals surface area contributed by atoms with E-state index in [4.69, 9.17) is 23.2 Å². The second kappa shape index (κ2) is 12.4. The zero-order chi connectivity index (χ0) is 24.9. The lowest BCUT2D eigenvalue weighted by molar-refractivity contribution is 0.101. The predicted octanol–water partition coefficient (Wildman–Crippen LogP) is 6.98. The van der Waals surface area contributed by atoms with Crippen LogP contribution in [0.2, 0.25) is 10.0 Å². The Morgan fingerprint density at radius 3 is 2.50 bits per heavy atom. The Kier molecular flexibility index (Phi) is 9.05. The third-order valence-corrected chi connectivity index (χ3v) is 9.30. The zero-order valence-electron chi connectivity index (χ0n) is 20.7. The Morgan fingerprint density at radius 2 is 1.78 bits per heavy atom. The van der Waals surface area contributed by atoms with E-state index in [9.17, 15) is 5.11 Å². The minimum atomic E-state index is -0.241. The van der Waals surface area contributed by atoms with Crippen molar-refractivity contribution in [1.82, 2.24) is 9.80 Å². The van der Waals surface area contributed by atoms with E-state index in [-0.39, 0.29) is 6.10 Å². The van der Waals surface area contributed by atoms with Crippen LogP contribution in [0.3, 0.4) is 0 Å². The number of rotatable bonds is 9. The molecule has 3 atom stereocenters. The van der Waals surface area contributed by atoms with E-state index in [2.05, 4.69) is 57.0 Å². The van der Waals surface area contributed by atoms with Gasteiger partial charge in [0.2, 0.25) is 0 Å². The third-order valence-electron chi connectivity index (χ3n) is 8.02. The Morgan fingerprint density at radius 1 is 0.972 bits per heavy atom. The molecule has 3 unspecified atom stereocenters. The molecule has 3 heterocycles. The summed E-state index contributed by atoms with van der Waals surface area (Å²) < 4.78 is 0. The third kappa shape index (κ3) is 6.92. The molecule has 6 heteroatoms. The smallest absolute Gasteiger partial charge is 0.0583 e. The van der Waals surface area contributed by atoms with Crippen molar-refractivity contribution in [2.75, 3.05) is 32.7 Å². The minimum Gasteiger partial charge on any atom is -0.393 e. The van der Waals surface area contributed by atoms with E-state index in [0.717, 1.165) is 62.7 Å². The molecule has 0 amide bonds. The fourth-order valence-electron chi connectivity index (χ4n) is 6.12. The highest BCUT2D eigenvalue weighted by Gasteiger charge is 2.36. The summed E-state index contributed by atoms with van der Waals surface area (Å²) in [5.74, 6) is 1.80. The molecule has 0 radical (unpaired) electrons. The lowest BCUT2D eigenvalue weighted by Gasteiger charge is -2.35. The van der Waals surface area contributed by atoms with Gasteiger partial charge in [-0.3, -0.25) is 4.90 Å². The molecule has 2 fully saturated rings. The number of nitrogens with zero attached hydrogens (tertiary/aromatic N) is 2. The van der Waals surface area contributed by atoms with Crippen LogP contribution in [0.25, 0.3) is 0 Å². The molecule has 192 valence electrons. The molecule has 36 heavy (non-hydrogen) atoms. The highest BCUT2D eigenvalue weighted by molar-refractivity contribution is 7.08. The number of thiophene rings is 1. The standard InChI is InChI=1S/C30H36Cl2N2OS/c31-27-7-6-24(30(32)16-27)17-34-19-26(29(20-34)25-10-13-36-21-25)18-33-11-8-23(9-12-33)15-28(35)14-22-4-2-1-3-5-22/h1-7,10,13,16,21,23,26,28-29,35H,8-9,11-12,14-15,17-20H2. The Hall–Kier alpha value is -1.40. The van der Waals surface area contributed by atoms with Crippen LogP contribution in [0.5, 0.6) is 0 Å². The number of halogens is 2. The Labute approximate surface area is 229 Å². The molecule has 1 N–H and O–H groups in total. The summed E-state index contributed by atoms with van der Waals surface area (Å²) >= 11 is 14.4. The van der Waals surface area contributed by atoms with Gasteiger partial charge in [0.25, 0.3) is 0 Å². The summed E-state index contributed by atoms with van der Waals surface area (Å²) in [6, 6.07) is 18.5. The molecule has 0 spiro atoms. The maximum atomic E-state index is 10.6. The molecule has 3 aromatic rings. The van der Waals surface area contributed by atoms with Gasteiger partial charge in [0.1, 0.15) is 0 Å². The quantitative estimate of drug-likeness (QED) is 0.316. The van der Waals surface area contributed by atoms with Crippen molar-refractivity contribution in [2.45, 2.75) is 44.2 Å². The van der Waals surface area contributed by atoms with Gasteiger partial charge in [0, 0.05) is 42.1 Å². The Bertz CT molecular complexity index is 1090. The van der Waals surface area contributed by atoms with Crippen LogP contribution in [0.15, 0.2) is 65.4 Å². The summed E-state index contributed by atoms with van der Waals surface area (Å²) in [6.45, 7) is 6.45. The molecule has 0 saturated carbocycles. The molecular weight excluding hydrogens is 507 g/mol. The molecule has 1 aromatic heterocycles. The lowest BCUT2D eigenvalue weighted by atomic mass is 9.87. The molecule has 2 aliphatic heterocycles. The molecular formula is C30H36Cl2N2OS. The summed E-state index contributed by atoms with van der Waals surface area (Å²) in [7, 11) is 0. The highest BCUT2D eigenvalue weighted by atomic mass is 35.5. The van der Waals surface area contributed by atoms with E-state index >= 15 is 0 Å². The summed E-state index contributed by atoms with van der Waals surface area (Å²) in [5, 5.41) is 16.6. The van der Waals surface area contributed by atoms with E-state index in [1.165, 1.54) is 24.0 Å². The normalized spacial score (nSPS) is 22.8. The van der Waals surface area contributed by atoms with Crippen LogP contribution in [-0.2, 0) is 13.0 Å². The number of hydrogen-bond acceptors (Lipinski definition) is 4. The average molecular weight is 544 g/mol. The first-order valence-electron chi connectivity index (χ1n) is 13.2. The van der Waals surface area contributed by atoms with Gasteiger partial charge in [0.15, 0.2) is 0 Å². The van der Waals surface area contributed by atoms with Gasteiger partial charge in [-0.1, -0.05) is 59.6 Å². The van der Waals surface area contributed by atoms with E-state index in [1.807, 2.05) is 18.2 Å². The largest absolute Gasteiger partial charge is 0.393 e. The molecule has 5 rings (SSSR count). The first kappa shape index (κ1) is 26.2. The van der Waals surface area contributed by atoms with Crippen molar-refractivity contribution in [3.05, 3.63) is 92.1 Å². The fourth-order valence-corrected chi connectivity index (χ4v) is 7.31. The van der Waals surface area contributed by atoms with Crippen molar-refractivity contribution in [2.24, 2.45) is 11.8 Å². The van der Waals surface area contributed by atoms with Gasteiger partial charge in [-0.2, -0.15) is 11.3 Å². The maximum absolute atomic E-state index is 10.6. The highest BCUT2D eigenvalue weighted by Crippen LogP contribution is 2.37. The number of piperidine rings is 1. The van der Waals surface area contributed by atoms with Gasteiger partial charge in [-0.15, -0.1) is 0 Å². The molecule has 2 aromatic carbocycles. The number of hydrogen-bond donors (Lipinski definition) is 1. The van der Waals surface area contributed by atoms with Crippen molar-refractivity contribution in [3.63, 3.8) is 0 Å². The summed E-state index contributed by atoms with van der Waals surface area (Å²) in [4.78, 5) is 5.23. The van der Waals surface area contributed by atoms with Crippen LogP contribution >= 0.6 is 34.5 Å². The van der Waals surface area contributed by atoms with Crippen molar-refractivity contribution < 1.29 is 5.11 Å². The number of likely N-dealkylation sites (tertiary alicyclic amines) is 2. The van der Waals surface area contributed by atoms with Crippen molar-refractivity contribution >= 4 is 34.5 Å². The van der Waals surface area contributed by atoms with Crippen LogP contribution in [0, 0.1) is 11.8 Å². The number of benzene rings is 2. The lowest BCUT2D eigenvalue weighted by Crippen LogP contribution is -2.39. The van der Waals surface area contributed by atoms with Crippen molar-refractivity contribution in [3.8, 4) is 0 Å². The van der Waals surface area contributed by atoms with E-state index in [1.54, 1.807) is 11.3 Å². The molecule has 3 nitrogen and oxygen atoms in total. The molecule has 0 bridgehead atoms. The SMILES string of the molecule is OC(Cc1ccccc1)CC1CCN(CC2CN(Cc3ccc(Cl)cc3Cl)CC2c2ccsc2)CC1. The second-order valence-corrected chi connectivity index (χ2v) is 12.3.